The van der Waals surface area contributed by atoms with Crippen molar-refractivity contribution in [2.75, 3.05) is 0 Å². The first-order valence-electron chi connectivity index (χ1n) is 5.93. The van der Waals surface area contributed by atoms with Crippen molar-refractivity contribution in [3.63, 3.8) is 0 Å². The quantitative estimate of drug-likeness (QED) is 0.382. The van der Waals surface area contributed by atoms with E-state index in [9.17, 15) is 0 Å². The maximum atomic E-state index is 6.05. The first kappa shape index (κ1) is 11.3. The van der Waals surface area contributed by atoms with Crippen molar-refractivity contribution in [1.29, 1.82) is 0 Å². The Morgan fingerprint density at radius 3 is 2.74 bits per heavy atom. The minimum atomic E-state index is 0.682. The monoisotopic (exact) mass is 330 g/mol. The summed E-state index contributed by atoms with van der Waals surface area (Å²) in [6, 6.07) is 16.2. The van der Waals surface area contributed by atoms with Gasteiger partial charge in [-0.15, -0.1) is 0 Å². The van der Waals surface area contributed by atoms with Crippen LogP contribution < -0.4 is 4.74 Å². The number of fused-ring (bicyclic) bond motifs is 2. The number of ether oxygens (including phenoxy) is 1. The number of benzene rings is 3. The van der Waals surface area contributed by atoms with E-state index in [4.69, 9.17) is 16.3 Å². The molecule has 0 bridgehead atoms. The van der Waals surface area contributed by atoms with Crippen LogP contribution in [0.4, 0.5) is 0 Å². The molecule has 0 atom stereocenters. The molecule has 3 heteroatoms. The zero-order valence-corrected chi connectivity index (χ0v) is 12.1. The number of rotatable bonds is 0. The van der Waals surface area contributed by atoms with Crippen LogP contribution in [0.15, 0.2) is 53.0 Å². The van der Waals surface area contributed by atoms with Crippen molar-refractivity contribution in [2.45, 2.75) is 0 Å². The lowest BCUT2D eigenvalue weighted by atomic mass is 9.95. The van der Waals surface area contributed by atoms with Gasteiger partial charge in [-0.1, -0.05) is 35.9 Å². The van der Waals surface area contributed by atoms with Gasteiger partial charge in [0, 0.05) is 22.0 Å². The maximum absolute atomic E-state index is 6.05. The van der Waals surface area contributed by atoms with Gasteiger partial charge >= 0.3 is 0 Å². The summed E-state index contributed by atoms with van der Waals surface area (Å²) in [5.74, 6) is 1.67. The molecular weight excluding hydrogens is 324 g/mol. The molecule has 0 saturated heterocycles. The summed E-state index contributed by atoms with van der Waals surface area (Å²) in [5, 5.41) is 3.00. The van der Waals surface area contributed by atoms with Gasteiger partial charge in [-0.25, -0.2) is 0 Å². The maximum Gasteiger partial charge on any atom is 0.150 e. The van der Waals surface area contributed by atoms with Crippen LogP contribution >= 0.6 is 27.5 Å². The van der Waals surface area contributed by atoms with E-state index in [0.29, 0.717) is 5.02 Å². The zero-order valence-electron chi connectivity index (χ0n) is 9.78. The van der Waals surface area contributed by atoms with Crippen molar-refractivity contribution in [3.05, 3.63) is 58.0 Å². The van der Waals surface area contributed by atoms with Gasteiger partial charge in [0.2, 0.25) is 0 Å². The molecule has 0 fully saturated rings. The fourth-order valence-electron chi connectivity index (χ4n) is 2.56. The molecule has 1 nitrogen and oxygen atoms in total. The highest BCUT2D eigenvalue weighted by Gasteiger charge is 2.21. The predicted octanol–water partition coefficient (Wildman–Crippen LogP) is 6.03. The molecule has 0 aliphatic carbocycles. The molecule has 1 heterocycles. The van der Waals surface area contributed by atoms with E-state index in [2.05, 4.69) is 40.2 Å². The average Bonchev–Trinajstić information content (AvgIpc) is 2.42. The van der Waals surface area contributed by atoms with Gasteiger partial charge in [0.05, 0.1) is 4.47 Å². The minimum absolute atomic E-state index is 0.682. The second kappa shape index (κ2) is 3.99. The van der Waals surface area contributed by atoms with Crippen LogP contribution in [0, 0.1) is 0 Å². The van der Waals surface area contributed by atoms with Gasteiger partial charge in [0.1, 0.15) is 11.5 Å². The third-order valence-electron chi connectivity index (χ3n) is 3.40. The fourth-order valence-corrected chi connectivity index (χ4v) is 3.13. The Balaban J connectivity index is 2.18. The van der Waals surface area contributed by atoms with E-state index in [0.717, 1.165) is 26.9 Å². The Bertz CT molecular complexity index is 826. The van der Waals surface area contributed by atoms with E-state index in [1.54, 1.807) is 0 Å². The third kappa shape index (κ3) is 1.60. The van der Waals surface area contributed by atoms with Crippen molar-refractivity contribution in [2.24, 2.45) is 0 Å². The predicted molar refractivity (Wildman–Crippen MR) is 82.2 cm³/mol. The summed E-state index contributed by atoms with van der Waals surface area (Å²) >= 11 is 9.61. The summed E-state index contributed by atoms with van der Waals surface area (Å²) < 4.78 is 6.99. The highest BCUT2D eigenvalue weighted by molar-refractivity contribution is 9.10. The summed E-state index contributed by atoms with van der Waals surface area (Å²) in [4.78, 5) is 0. The van der Waals surface area contributed by atoms with Crippen molar-refractivity contribution in [3.8, 4) is 22.6 Å². The second-order valence-corrected chi connectivity index (χ2v) is 5.81. The Morgan fingerprint density at radius 2 is 1.84 bits per heavy atom. The summed E-state index contributed by atoms with van der Waals surface area (Å²) in [7, 11) is 0. The van der Waals surface area contributed by atoms with Gasteiger partial charge < -0.3 is 4.74 Å². The lowest BCUT2D eigenvalue weighted by Gasteiger charge is -2.22. The topological polar surface area (TPSA) is 9.23 Å². The summed E-state index contributed by atoms with van der Waals surface area (Å²) in [5.41, 5.74) is 2.27. The number of hydrogen-bond acceptors (Lipinski definition) is 1. The second-order valence-electron chi connectivity index (χ2n) is 4.52. The zero-order chi connectivity index (χ0) is 13.0. The van der Waals surface area contributed by atoms with E-state index in [1.807, 2.05) is 24.3 Å². The van der Waals surface area contributed by atoms with Gasteiger partial charge in [-0.05, 0) is 45.1 Å². The van der Waals surface area contributed by atoms with Crippen molar-refractivity contribution >= 4 is 38.3 Å². The SMILES string of the molecule is Clc1ccc2c(c1)Oc1c(Br)ccc3cccc-2c13. The molecule has 3 aromatic carbocycles. The van der Waals surface area contributed by atoms with E-state index < -0.39 is 0 Å². The molecule has 19 heavy (non-hydrogen) atoms. The molecule has 1 aliphatic rings. The van der Waals surface area contributed by atoms with Gasteiger partial charge in [0.15, 0.2) is 0 Å². The van der Waals surface area contributed by atoms with Crippen LogP contribution in [-0.2, 0) is 0 Å². The number of halogens is 2. The van der Waals surface area contributed by atoms with Crippen LogP contribution in [-0.4, -0.2) is 0 Å². The Labute approximate surface area is 123 Å². The average molecular weight is 332 g/mol. The van der Waals surface area contributed by atoms with E-state index in [-0.39, 0.29) is 0 Å². The van der Waals surface area contributed by atoms with Crippen LogP contribution in [0.5, 0.6) is 11.5 Å². The normalized spacial score (nSPS) is 12.1. The third-order valence-corrected chi connectivity index (χ3v) is 4.26. The molecule has 0 aromatic heterocycles. The fraction of sp³-hybridized carbons (Fsp3) is 0. The molecule has 92 valence electrons. The molecule has 4 rings (SSSR count). The van der Waals surface area contributed by atoms with E-state index >= 15 is 0 Å². The molecule has 0 radical (unpaired) electrons. The summed E-state index contributed by atoms with van der Waals surface area (Å²) in [6.07, 6.45) is 0. The molecule has 0 spiro atoms. The number of hydrogen-bond donors (Lipinski definition) is 0. The standard InChI is InChI=1S/C16H8BrClO/c17-13-7-4-9-2-1-3-12-11-6-5-10(18)8-14(11)19-16(13)15(9)12/h1-8H. The molecule has 0 unspecified atom stereocenters. The van der Waals surface area contributed by atoms with Crippen LogP contribution in [0.2, 0.25) is 5.02 Å². The van der Waals surface area contributed by atoms with Crippen molar-refractivity contribution in [1.82, 2.24) is 0 Å². The van der Waals surface area contributed by atoms with Crippen LogP contribution in [0.3, 0.4) is 0 Å². The molecule has 0 N–H and O–H groups in total. The molecule has 0 saturated carbocycles. The first-order valence-corrected chi connectivity index (χ1v) is 7.10. The van der Waals surface area contributed by atoms with Crippen molar-refractivity contribution < 1.29 is 4.74 Å². The smallest absolute Gasteiger partial charge is 0.150 e. The minimum Gasteiger partial charge on any atom is -0.455 e. The van der Waals surface area contributed by atoms with E-state index in [1.165, 1.54) is 10.9 Å². The largest absolute Gasteiger partial charge is 0.455 e. The molecule has 1 aliphatic heterocycles. The van der Waals surface area contributed by atoms with Crippen LogP contribution in [0.25, 0.3) is 21.9 Å². The van der Waals surface area contributed by atoms with Gasteiger partial charge in [-0.2, -0.15) is 0 Å². The highest BCUT2D eigenvalue weighted by Crippen LogP contribution is 2.49. The lowest BCUT2D eigenvalue weighted by molar-refractivity contribution is 0.484. The molecular formula is C16H8BrClO. The van der Waals surface area contributed by atoms with Gasteiger partial charge in [0.25, 0.3) is 0 Å². The molecule has 0 amide bonds. The van der Waals surface area contributed by atoms with Crippen LogP contribution in [0.1, 0.15) is 0 Å². The molecule has 3 aromatic rings. The first-order chi connectivity index (χ1) is 9.24. The van der Waals surface area contributed by atoms with Gasteiger partial charge in [-0.3, -0.25) is 0 Å². The Morgan fingerprint density at radius 1 is 0.947 bits per heavy atom. The Kier molecular flexibility index (Phi) is 2.38. The summed E-state index contributed by atoms with van der Waals surface area (Å²) in [6.45, 7) is 0. The highest BCUT2D eigenvalue weighted by atomic mass is 79.9. The Hall–Kier alpha value is -1.51. The lowest BCUT2D eigenvalue weighted by Crippen LogP contribution is -1.97.